The van der Waals surface area contributed by atoms with Crippen LogP contribution in [0.1, 0.15) is 27.9 Å². The molecule has 0 aliphatic carbocycles. The first kappa shape index (κ1) is 26.1. The van der Waals surface area contributed by atoms with Gasteiger partial charge in [-0.1, -0.05) is 12.1 Å². The molecule has 3 aromatic carbocycles. The Labute approximate surface area is 204 Å². The van der Waals surface area contributed by atoms with Crippen LogP contribution in [-0.2, 0) is 11.2 Å². The van der Waals surface area contributed by atoms with Crippen molar-refractivity contribution in [2.45, 2.75) is 19.0 Å². The first-order valence-corrected chi connectivity index (χ1v) is 10.7. The van der Waals surface area contributed by atoms with E-state index in [2.05, 4.69) is 4.74 Å². The van der Waals surface area contributed by atoms with Crippen LogP contribution in [0.15, 0.2) is 72.3 Å². The molecule has 0 aliphatic heterocycles. The zero-order valence-corrected chi connectivity index (χ0v) is 18.9. The van der Waals surface area contributed by atoms with Crippen LogP contribution in [0.5, 0.6) is 11.5 Å². The van der Waals surface area contributed by atoms with Gasteiger partial charge in [-0.05, 0) is 84.6 Å². The number of anilines is 2. The molecular weight excluding hydrogens is 477 g/mol. The summed E-state index contributed by atoms with van der Waals surface area (Å²) in [5.74, 6) is -1.60. The minimum Gasteiger partial charge on any atom is -0.484 e. The Bertz CT molecular complexity index is 1230. The van der Waals surface area contributed by atoms with Gasteiger partial charge in [-0.15, -0.1) is 0 Å². The van der Waals surface area contributed by atoms with E-state index in [1.165, 1.54) is 42.5 Å². The van der Waals surface area contributed by atoms with Crippen LogP contribution in [0.4, 0.5) is 24.5 Å². The summed E-state index contributed by atoms with van der Waals surface area (Å²) in [6.07, 6.45) is -2.26. The molecule has 0 spiro atoms. The SMILES string of the molecule is Nc1cc(N)cc(CCC(=Cc2ccc(OC(=O)c3ccc(OCC(F)(F)F)cc3)cc2)C(=O)O)c1. The standard InChI is InChI=1S/C26H23F3N2O5/c27-26(28,29)15-35-22-9-5-18(6-10-22)25(34)36-23-7-2-16(3-8-23)11-19(24(32)33)4-1-17-12-20(30)14-21(31)13-17/h2-3,5-14H,1,4,15,30-31H2,(H,32,33). The highest BCUT2D eigenvalue weighted by Crippen LogP contribution is 2.22. The third-order valence-corrected chi connectivity index (χ3v) is 4.92. The minimum atomic E-state index is -4.46. The van der Waals surface area contributed by atoms with E-state index < -0.39 is 24.7 Å². The van der Waals surface area contributed by atoms with Gasteiger partial charge in [0, 0.05) is 16.9 Å². The fourth-order valence-electron chi connectivity index (χ4n) is 3.26. The Morgan fingerprint density at radius 2 is 1.47 bits per heavy atom. The minimum absolute atomic E-state index is 0.0338. The summed E-state index contributed by atoms with van der Waals surface area (Å²) in [6, 6.07) is 16.3. The average Bonchev–Trinajstić information content (AvgIpc) is 2.80. The van der Waals surface area contributed by atoms with Crippen LogP contribution in [0.2, 0.25) is 0 Å². The van der Waals surface area contributed by atoms with E-state index >= 15 is 0 Å². The number of hydrogen-bond donors (Lipinski definition) is 3. The van der Waals surface area contributed by atoms with Gasteiger partial charge in [0.15, 0.2) is 6.61 Å². The summed E-state index contributed by atoms with van der Waals surface area (Å²) in [4.78, 5) is 24.0. The first-order chi connectivity index (χ1) is 17.0. The number of rotatable bonds is 9. The highest BCUT2D eigenvalue weighted by molar-refractivity contribution is 5.92. The average molecular weight is 500 g/mol. The smallest absolute Gasteiger partial charge is 0.422 e. The lowest BCUT2D eigenvalue weighted by Gasteiger charge is -2.09. The number of nitrogens with two attached hydrogens (primary N) is 2. The van der Waals surface area contributed by atoms with Crippen molar-refractivity contribution in [1.82, 2.24) is 0 Å². The number of benzene rings is 3. The molecule has 0 unspecified atom stereocenters. The molecule has 3 aromatic rings. The zero-order valence-electron chi connectivity index (χ0n) is 18.9. The molecule has 0 heterocycles. The molecule has 36 heavy (non-hydrogen) atoms. The van der Waals surface area contributed by atoms with Gasteiger partial charge in [0.1, 0.15) is 11.5 Å². The molecule has 0 aliphatic rings. The Morgan fingerprint density at radius 1 is 0.889 bits per heavy atom. The maximum atomic E-state index is 12.3. The van der Waals surface area contributed by atoms with Crippen LogP contribution in [0.3, 0.4) is 0 Å². The Hall–Kier alpha value is -4.47. The van der Waals surface area contributed by atoms with Gasteiger partial charge in [0.05, 0.1) is 5.56 Å². The number of esters is 1. The predicted octanol–water partition coefficient (Wildman–Crippen LogP) is 5.11. The maximum absolute atomic E-state index is 12.3. The number of halogens is 3. The third kappa shape index (κ3) is 8.08. The van der Waals surface area contributed by atoms with Crippen molar-refractivity contribution >= 4 is 29.4 Å². The quantitative estimate of drug-likeness (QED) is 0.161. The summed E-state index contributed by atoms with van der Waals surface area (Å²) < 4.78 is 46.5. The molecule has 0 aromatic heterocycles. The van der Waals surface area contributed by atoms with Crippen molar-refractivity contribution in [3.05, 3.63) is 89.0 Å². The summed E-state index contributed by atoms with van der Waals surface area (Å²) in [6.45, 7) is -1.43. The van der Waals surface area contributed by atoms with Gasteiger partial charge >= 0.3 is 18.1 Å². The fourth-order valence-corrected chi connectivity index (χ4v) is 3.26. The van der Waals surface area contributed by atoms with Crippen LogP contribution < -0.4 is 20.9 Å². The van der Waals surface area contributed by atoms with Crippen molar-refractivity contribution in [3.8, 4) is 11.5 Å². The van der Waals surface area contributed by atoms with Gasteiger partial charge in [-0.3, -0.25) is 0 Å². The molecule has 7 nitrogen and oxygen atoms in total. The Kier molecular flexibility index (Phi) is 8.21. The van der Waals surface area contributed by atoms with Gasteiger partial charge in [0.2, 0.25) is 0 Å². The van der Waals surface area contributed by atoms with E-state index in [1.807, 2.05) is 0 Å². The molecule has 0 saturated heterocycles. The largest absolute Gasteiger partial charge is 0.484 e. The second kappa shape index (κ2) is 11.3. The van der Waals surface area contributed by atoms with Crippen molar-refractivity contribution in [2.75, 3.05) is 18.1 Å². The van der Waals surface area contributed by atoms with E-state index in [4.69, 9.17) is 16.2 Å². The molecule has 0 radical (unpaired) electrons. The number of aliphatic carboxylic acids is 1. The number of ether oxygens (including phenoxy) is 2. The molecule has 0 saturated carbocycles. The number of carbonyl (C=O) groups excluding carboxylic acids is 1. The molecular formula is C26H23F3N2O5. The zero-order chi connectivity index (χ0) is 26.3. The van der Waals surface area contributed by atoms with Gasteiger partial charge in [-0.25, -0.2) is 9.59 Å². The van der Waals surface area contributed by atoms with E-state index in [0.29, 0.717) is 23.4 Å². The van der Waals surface area contributed by atoms with Crippen LogP contribution in [0, 0.1) is 0 Å². The number of alkyl halides is 3. The lowest BCUT2D eigenvalue weighted by atomic mass is 10.0. The molecule has 0 atom stereocenters. The molecule has 0 bridgehead atoms. The summed E-state index contributed by atoms with van der Waals surface area (Å²) in [5.41, 5.74) is 14.3. The van der Waals surface area contributed by atoms with E-state index in [1.54, 1.807) is 30.3 Å². The molecule has 0 fully saturated rings. The van der Waals surface area contributed by atoms with Crippen molar-refractivity contribution in [3.63, 3.8) is 0 Å². The second-order valence-electron chi connectivity index (χ2n) is 7.87. The number of carboxylic acid groups (broad SMARTS) is 1. The first-order valence-electron chi connectivity index (χ1n) is 10.7. The normalized spacial score (nSPS) is 11.7. The van der Waals surface area contributed by atoms with Crippen LogP contribution in [-0.4, -0.2) is 29.8 Å². The van der Waals surface area contributed by atoms with Crippen molar-refractivity contribution in [2.24, 2.45) is 0 Å². The van der Waals surface area contributed by atoms with Crippen molar-refractivity contribution in [1.29, 1.82) is 0 Å². The monoisotopic (exact) mass is 500 g/mol. The predicted molar refractivity (Wildman–Crippen MR) is 129 cm³/mol. The van der Waals surface area contributed by atoms with Gasteiger partial charge in [-0.2, -0.15) is 13.2 Å². The van der Waals surface area contributed by atoms with E-state index in [0.717, 1.165) is 5.56 Å². The lowest BCUT2D eigenvalue weighted by molar-refractivity contribution is -0.153. The van der Waals surface area contributed by atoms with Crippen LogP contribution in [0.25, 0.3) is 6.08 Å². The maximum Gasteiger partial charge on any atom is 0.422 e. The number of carbonyl (C=O) groups is 2. The van der Waals surface area contributed by atoms with E-state index in [-0.39, 0.29) is 29.1 Å². The summed E-state index contributed by atoms with van der Waals surface area (Å²) in [7, 11) is 0. The Balaban J connectivity index is 1.61. The molecule has 3 rings (SSSR count). The van der Waals surface area contributed by atoms with Crippen LogP contribution >= 0.6 is 0 Å². The van der Waals surface area contributed by atoms with Crippen molar-refractivity contribution < 1.29 is 37.3 Å². The third-order valence-electron chi connectivity index (χ3n) is 4.92. The molecule has 0 amide bonds. The van der Waals surface area contributed by atoms with E-state index in [9.17, 15) is 27.9 Å². The number of hydrogen-bond acceptors (Lipinski definition) is 6. The number of nitrogen functional groups attached to an aromatic ring is 2. The second-order valence-corrected chi connectivity index (χ2v) is 7.87. The number of aryl methyl sites for hydroxylation is 1. The summed E-state index contributed by atoms with van der Waals surface area (Å²) in [5, 5.41) is 9.56. The summed E-state index contributed by atoms with van der Waals surface area (Å²) >= 11 is 0. The molecule has 188 valence electrons. The topological polar surface area (TPSA) is 125 Å². The number of carboxylic acids is 1. The fraction of sp³-hybridized carbons (Fsp3) is 0.154. The Morgan fingerprint density at radius 3 is 2.03 bits per heavy atom. The highest BCUT2D eigenvalue weighted by Gasteiger charge is 2.28. The highest BCUT2D eigenvalue weighted by atomic mass is 19.4. The molecule has 10 heteroatoms. The van der Waals surface area contributed by atoms with Gasteiger partial charge < -0.3 is 26.0 Å². The van der Waals surface area contributed by atoms with Gasteiger partial charge in [0.25, 0.3) is 0 Å². The molecule has 5 N–H and O–H groups in total. The lowest BCUT2D eigenvalue weighted by Crippen LogP contribution is -2.19.